The highest BCUT2D eigenvalue weighted by Crippen LogP contribution is 2.30. The molecule has 0 saturated carbocycles. The minimum Gasteiger partial charge on any atom is -0.387 e. The molecule has 2 rings (SSSR count). The van der Waals surface area contributed by atoms with Crippen LogP contribution in [0.2, 0.25) is 0 Å². The highest BCUT2D eigenvalue weighted by atomic mass is 19.4. The Morgan fingerprint density at radius 2 is 1.81 bits per heavy atom. The van der Waals surface area contributed by atoms with E-state index >= 15 is 0 Å². The number of β-amino-alcohol motifs (C(OH)–C–C–N with tert-alkyl or cyclic N) is 1. The maximum Gasteiger partial charge on any atom is 0.416 e. The van der Waals surface area contributed by atoms with Crippen molar-refractivity contribution < 1.29 is 27.9 Å². The van der Waals surface area contributed by atoms with E-state index in [1.807, 2.05) is 0 Å². The monoisotopic (exact) mass is 302 g/mol. The third-order valence-electron chi connectivity index (χ3n) is 3.21. The average Bonchev–Trinajstić information content (AvgIpc) is 2.64. The molecule has 1 heterocycles. The highest BCUT2D eigenvalue weighted by molar-refractivity contribution is 6.01. The SMILES string of the molecule is CN1CC(=O)N(CC(O)c2ccc(C(F)(F)F)cc2)C1=O. The molecule has 1 aromatic carbocycles. The molecule has 1 unspecified atom stereocenters. The summed E-state index contributed by atoms with van der Waals surface area (Å²) in [7, 11) is 1.45. The standard InChI is InChI=1S/C13H13F3N2O3/c1-17-7-11(20)18(12(17)21)6-10(19)8-2-4-9(5-3-8)13(14,15)16/h2-5,10,19H,6-7H2,1H3. The van der Waals surface area contributed by atoms with E-state index in [2.05, 4.69) is 0 Å². The molecule has 0 bridgehead atoms. The fourth-order valence-electron chi connectivity index (χ4n) is 2.02. The Morgan fingerprint density at radius 3 is 2.24 bits per heavy atom. The predicted octanol–water partition coefficient (Wildman–Crippen LogP) is 1.63. The second kappa shape index (κ2) is 5.36. The number of urea groups is 1. The summed E-state index contributed by atoms with van der Waals surface area (Å²) in [5, 5.41) is 9.95. The number of hydrogen-bond acceptors (Lipinski definition) is 3. The Hall–Kier alpha value is -2.09. The number of aliphatic hydroxyl groups is 1. The van der Waals surface area contributed by atoms with Gasteiger partial charge in [-0.2, -0.15) is 13.2 Å². The third-order valence-corrected chi connectivity index (χ3v) is 3.21. The number of carbonyl (C=O) groups excluding carboxylic acids is 2. The van der Waals surface area contributed by atoms with E-state index in [1.165, 1.54) is 11.9 Å². The molecular weight excluding hydrogens is 289 g/mol. The lowest BCUT2D eigenvalue weighted by molar-refractivity contribution is -0.137. The first kappa shape index (κ1) is 15.3. The van der Waals surface area contributed by atoms with E-state index in [0.717, 1.165) is 29.2 Å². The minimum absolute atomic E-state index is 0.0709. The van der Waals surface area contributed by atoms with Crippen LogP contribution in [0.4, 0.5) is 18.0 Å². The zero-order chi connectivity index (χ0) is 15.8. The summed E-state index contributed by atoms with van der Waals surface area (Å²) in [5.74, 6) is -0.450. The van der Waals surface area contributed by atoms with Gasteiger partial charge < -0.3 is 10.0 Å². The maximum atomic E-state index is 12.4. The molecule has 1 aromatic rings. The first-order valence-electron chi connectivity index (χ1n) is 6.11. The van der Waals surface area contributed by atoms with Crippen molar-refractivity contribution in [2.45, 2.75) is 12.3 Å². The first-order valence-corrected chi connectivity index (χ1v) is 6.11. The average molecular weight is 302 g/mol. The first-order chi connectivity index (χ1) is 9.70. The molecule has 3 amide bonds. The van der Waals surface area contributed by atoms with Crippen LogP contribution in [0.1, 0.15) is 17.2 Å². The van der Waals surface area contributed by atoms with Crippen LogP contribution in [-0.4, -0.2) is 47.0 Å². The Bertz CT molecular complexity index is 557. The van der Waals surface area contributed by atoms with Crippen LogP contribution in [-0.2, 0) is 11.0 Å². The molecular formula is C13H13F3N2O3. The van der Waals surface area contributed by atoms with Gasteiger partial charge in [0.2, 0.25) is 5.91 Å². The Balaban J connectivity index is 2.09. The van der Waals surface area contributed by atoms with Crippen LogP contribution in [0.3, 0.4) is 0 Å². The topological polar surface area (TPSA) is 60.9 Å². The highest BCUT2D eigenvalue weighted by Gasteiger charge is 2.35. The number of carbonyl (C=O) groups is 2. The zero-order valence-corrected chi connectivity index (χ0v) is 11.1. The van der Waals surface area contributed by atoms with Crippen LogP contribution in [0.15, 0.2) is 24.3 Å². The van der Waals surface area contributed by atoms with E-state index in [4.69, 9.17) is 0 Å². The molecule has 1 fully saturated rings. The van der Waals surface area contributed by atoms with Crippen molar-refractivity contribution in [3.05, 3.63) is 35.4 Å². The summed E-state index contributed by atoms with van der Waals surface area (Å²) >= 11 is 0. The van der Waals surface area contributed by atoms with Crippen LogP contribution >= 0.6 is 0 Å². The number of nitrogens with zero attached hydrogens (tertiary/aromatic N) is 2. The maximum absolute atomic E-state index is 12.4. The summed E-state index contributed by atoms with van der Waals surface area (Å²) < 4.78 is 37.3. The predicted molar refractivity (Wildman–Crippen MR) is 66.1 cm³/mol. The summed E-state index contributed by atoms with van der Waals surface area (Å²) in [5.41, 5.74) is -0.621. The Morgan fingerprint density at radius 1 is 1.24 bits per heavy atom. The van der Waals surface area contributed by atoms with E-state index < -0.39 is 29.8 Å². The van der Waals surface area contributed by atoms with Crippen molar-refractivity contribution >= 4 is 11.9 Å². The van der Waals surface area contributed by atoms with Crippen molar-refractivity contribution in [2.75, 3.05) is 20.1 Å². The summed E-state index contributed by atoms with van der Waals surface area (Å²) in [6, 6.07) is 3.41. The lowest BCUT2D eigenvalue weighted by Gasteiger charge is -2.19. The number of imide groups is 1. The molecule has 0 radical (unpaired) electrons. The molecule has 5 nitrogen and oxygen atoms in total. The molecule has 1 aliphatic rings. The quantitative estimate of drug-likeness (QED) is 0.863. The van der Waals surface area contributed by atoms with Gasteiger partial charge in [0.05, 0.1) is 18.2 Å². The van der Waals surface area contributed by atoms with Gasteiger partial charge in [0.1, 0.15) is 6.54 Å². The number of hydrogen-bond donors (Lipinski definition) is 1. The van der Waals surface area contributed by atoms with Gasteiger partial charge in [-0.3, -0.25) is 9.69 Å². The van der Waals surface area contributed by atoms with E-state index in [-0.39, 0.29) is 18.7 Å². The van der Waals surface area contributed by atoms with Crippen LogP contribution in [0, 0.1) is 0 Å². The van der Waals surface area contributed by atoms with Crippen molar-refractivity contribution in [1.82, 2.24) is 9.80 Å². The normalized spacial score (nSPS) is 17.6. The molecule has 0 spiro atoms. The second-order valence-corrected chi connectivity index (χ2v) is 4.78. The fourth-order valence-corrected chi connectivity index (χ4v) is 2.02. The van der Waals surface area contributed by atoms with Crippen molar-refractivity contribution in [2.24, 2.45) is 0 Å². The smallest absolute Gasteiger partial charge is 0.387 e. The molecule has 0 aliphatic carbocycles. The molecule has 114 valence electrons. The number of rotatable bonds is 3. The van der Waals surface area contributed by atoms with Crippen LogP contribution in [0.5, 0.6) is 0 Å². The van der Waals surface area contributed by atoms with Gasteiger partial charge in [-0.15, -0.1) is 0 Å². The van der Waals surface area contributed by atoms with E-state index in [9.17, 15) is 27.9 Å². The zero-order valence-electron chi connectivity index (χ0n) is 11.1. The fraction of sp³-hybridized carbons (Fsp3) is 0.385. The van der Waals surface area contributed by atoms with Crippen molar-refractivity contribution in [3.63, 3.8) is 0 Å². The molecule has 1 saturated heterocycles. The molecule has 1 aliphatic heterocycles. The number of amides is 3. The van der Waals surface area contributed by atoms with Gasteiger partial charge in [-0.05, 0) is 17.7 Å². The van der Waals surface area contributed by atoms with Crippen molar-refractivity contribution in [3.8, 4) is 0 Å². The van der Waals surface area contributed by atoms with Crippen LogP contribution in [0.25, 0.3) is 0 Å². The second-order valence-electron chi connectivity index (χ2n) is 4.78. The van der Waals surface area contributed by atoms with Gasteiger partial charge >= 0.3 is 12.2 Å². The molecule has 8 heteroatoms. The number of benzene rings is 1. The summed E-state index contributed by atoms with van der Waals surface area (Å²) in [6.07, 6.45) is -5.68. The lowest BCUT2D eigenvalue weighted by Crippen LogP contribution is -2.35. The molecule has 1 atom stereocenters. The summed E-state index contributed by atoms with van der Waals surface area (Å²) in [4.78, 5) is 25.3. The van der Waals surface area contributed by atoms with Crippen molar-refractivity contribution in [1.29, 1.82) is 0 Å². The Labute approximate surface area is 118 Å². The number of alkyl halides is 3. The Kier molecular flexibility index (Phi) is 3.91. The van der Waals surface area contributed by atoms with Gasteiger partial charge in [0.15, 0.2) is 0 Å². The number of halogens is 3. The summed E-state index contributed by atoms with van der Waals surface area (Å²) in [6.45, 7) is -0.355. The molecule has 21 heavy (non-hydrogen) atoms. The van der Waals surface area contributed by atoms with Crippen LogP contribution < -0.4 is 0 Å². The largest absolute Gasteiger partial charge is 0.416 e. The van der Waals surface area contributed by atoms with Gasteiger partial charge in [-0.25, -0.2) is 4.79 Å². The van der Waals surface area contributed by atoms with Gasteiger partial charge in [-0.1, -0.05) is 12.1 Å². The van der Waals surface area contributed by atoms with Gasteiger partial charge in [0.25, 0.3) is 0 Å². The molecule has 0 aromatic heterocycles. The van der Waals surface area contributed by atoms with E-state index in [1.54, 1.807) is 0 Å². The number of likely N-dealkylation sites (N-methyl/N-ethyl adjacent to an activating group) is 1. The number of aliphatic hydroxyl groups excluding tert-OH is 1. The van der Waals surface area contributed by atoms with Gasteiger partial charge in [0, 0.05) is 7.05 Å². The van der Waals surface area contributed by atoms with E-state index in [0.29, 0.717) is 0 Å². The molecule has 1 N–H and O–H groups in total. The lowest BCUT2D eigenvalue weighted by atomic mass is 10.1. The minimum atomic E-state index is -4.45. The third kappa shape index (κ3) is 3.15.